The van der Waals surface area contributed by atoms with Gasteiger partial charge in [-0.05, 0) is 101 Å². The lowest BCUT2D eigenvalue weighted by molar-refractivity contribution is 0.0716. The summed E-state index contributed by atoms with van der Waals surface area (Å²) in [6.07, 6.45) is 0. The molecule has 1 aliphatic heterocycles. The Labute approximate surface area is 226 Å². The molecule has 0 spiro atoms. The lowest BCUT2D eigenvalue weighted by Crippen LogP contribution is -2.40. The summed E-state index contributed by atoms with van der Waals surface area (Å²) in [5, 5.41) is 0.425. The van der Waals surface area contributed by atoms with Crippen molar-refractivity contribution in [3.05, 3.63) is 60.4 Å². The van der Waals surface area contributed by atoms with Crippen LogP contribution >= 0.6 is 121 Å². The molecule has 2 amide bonds. The summed E-state index contributed by atoms with van der Waals surface area (Å²) >= 11 is 19.4. The second-order valence-electron chi connectivity index (χ2n) is 5.46. The second kappa shape index (κ2) is 10.1. The van der Waals surface area contributed by atoms with Crippen LogP contribution in [0.25, 0.3) is 0 Å². The average molecular weight is 878 g/mol. The lowest BCUT2D eigenvalue weighted by atomic mass is 10.1. The molecule has 0 aromatic heterocycles. The first-order valence-electron chi connectivity index (χ1n) is 7.55. The summed E-state index contributed by atoms with van der Waals surface area (Å²) in [5.74, 6) is -0.0711. The van der Waals surface area contributed by atoms with Gasteiger partial charge in [0.25, 0.3) is 11.8 Å². The highest BCUT2D eigenvalue weighted by atomic mass is 127. The molecule has 3 rings (SSSR count). The lowest BCUT2D eigenvalue weighted by Gasteiger charge is -2.22. The number of imide groups is 1. The van der Waals surface area contributed by atoms with Gasteiger partial charge in [-0.3, -0.25) is 14.6 Å². The Morgan fingerprint density at radius 1 is 0.893 bits per heavy atom. The maximum atomic E-state index is 13.5. The standard InChI is InChI=1S/C17H8Br4I2N2O2S/c18-7-3-9(13(22)11(20)5-7)15(26)25(17-24-1-2-28-17)16(27)10-4-8(19)6-12(21)14(10)23/h3-6H,1-2H2. The molecule has 4 nitrogen and oxygen atoms in total. The van der Waals surface area contributed by atoms with Crippen molar-refractivity contribution in [3.8, 4) is 0 Å². The number of amidine groups is 1. The minimum atomic E-state index is -0.406. The molecule has 0 bridgehead atoms. The highest BCUT2D eigenvalue weighted by molar-refractivity contribution is 14.1. The van der Waals surface area contributed by atoms with E-state index in [4.69, 9.17) is 0 Å². The van der Waals surface area contributed by atoms with E-state index in [-0.39, 0.29) is 0 Å². The van der Waals surface area contributed by atoms with Gasteiger partial charge in [-0.1, -0.05) is 43.6 Å². The number of benzene rings is 2. The van der Waals surface area contributed by atoms with Crippen LogP contribution in [0, 0.1) is 7.14 Å². The molecular formula is C17H8Br4I2N2O2S. The van der Waals surface area contributed by atoms with Gasteiger partial charge in [-0.25, -0.2) is 4.90 Å². The SMILES string of the molecule is O=C(c1cc(Br)cc(Br)c1I)N(C(=O)c1cc(Br)cc(Br)c1I)C1=NCCS1. The zero-order valence-corrected chi connectivity index (χ0v) is 25.1. The van der Waals surface area contributed by atoms with Crippen LogP contribution in [-0.4, -0.2) is 34.2 Å². The highest BCUT2D eigenvalue weighted by Gasteiger charge is 2.33. The van der Waals surface area contributed by atoms with Crippen LogP contribution in [0.3, 0.4) is 0 Å². The molecule has 0 radical (unpaired) electrons. The summed E-state index contributed by atoms with van der Waals surface area (Å²) in [5.41, 5.74) is 0.851. The van der Waals surface area contributed by atoms with Crippen LogP contribution in [0.15, 0.2) is 47.1 Å². The van der Waals surface area contributed by atoms with Gasteiger partial charge >= 0.3 is 0 Å². The molecule has 1 heterocycles. The van der Waals surface area contributed by atoms with E-state index in [0.29, 0.717) is 22.8 Å². The second-order valence-corrected chi connectivity index (χ2v) is 12.2. The number of nitrogens with zero attached hydrogens (tertiary/aromatic N) is 2. The number of carbonyl (C=O) groups is 2. The van der Waals surface area contributed by atoms with Crippen molar-refractivity contribution in [2.24, 2.45) is 4.99 Å². The third kappa shape index (κ3) is 5.06. The van der Waals surface area contributed by atoms with E-state index in [1.54, 1.807) is 12.1 Å². The number of amides is 2. The van der Waals surface area contributed by atoms with Gasteiger partial charge in [0, 0.05) is 30.8 Å². The molecule has 0 aliphatic carbocycles. The summed E-state index contributed by atoms with van der Waals surface area (Å²) in [6, 6.07) is 7.16. The van der Waals surface area contributed by atoms with E-state index < -0.39 is 11.8 Å². The smallest absolute Gasteiger partial charge is 0.268 e. The highest BCUT2D eigenvalue weighted by Crippen LogP contribution is 2.32. The monoisotopic (exact) mass is 874 g/mol. The first-order valence-corrected chi connectivity index (χ1v) is 13.9. The third-order valence-electron chi connectivity index (χ3n) is 3.61. The van der Waals surface area contributed by atoms with Crippen molar-refractivity contribution >= 4 is 138 Å². The summed E-state index contributed by atoms with van der Waals surface area (Å²) in [7, 11) is 0. The first kappa shape index (κ1) is 23.6. The zero-order chi connectivity index (χ0) is 20.6. The minimum Gasteiger partial charge on any atom is -0.268 e. The topological polar surface area (TPSA) is 49.7 Å². The first-order chi connectivity index (χ1) is 13.2. The van der Waals surface area contributed by atoms with Crippen LogP contribution in [0.2, 0.25) is 0 Å². The van der Waals surface area contributed by atoms with Gasteiger partial charge in [0.2, 0.25) is 0 Å². The number of hydrogen-bond acceptors (Lipinski definition) is 4. The predicted molar refractivity (Wildman–Crippen MR) is 144 cm³/mol. The van der Waals surface area contributed by atoms with Gasteiger partial charge in [0.05, 0.1) is 17.7 Å². The quantitative estimate of drug-likeness (QED) is 0.181. The maximum Gasteiger partial charge on any atom is 0.268 e. The van der Waals surface area contributed by atoms with E-state index in [9.17, 15) is 9.59 Å². The largest absolute Gasteiger partial charge is 0.268 e. The Morgan fingerprint density at radius 2 is 1.36 bits per heavy atom. The van der Waals surface area contributed by atoms with Crippen molar-refractivity contribution in [1.82, 2.24) is 4.90 Å². The normalized spacial score (nSPS) is 13.4. The molecule has 0 saturated carbocycles. The van der Waals surface area contributed by atoms with Gasteiger partial charge in [0.15, 0.2) is 5.17 Å². The fourth-order valence-electron chi connectivity index (χ4n) is 2.39. The van der Waals surface area contributed by atoms with Gasteiger partial charge in [-0.15, -0.1) is 0 Å². The Bertz CT molecular complexity index is 963. The molecule has 2 aromatic rings. The third-order valence-corrected chi connectivity index (χ3v) is 10.5. The summed E-state index contributed by atoms with van der Waals surface area (Å²) in [6.45, 7) is 0.579. The molecule has 11 heteroatoms. The van der Waals surface area contributed by atoms with Gasteiger partial charge in [-0.2, -0.15) is 0 Å². The minimum absolute atomic E-state index is 0.406. The van der Waals surface area contributed by atoms with Crippen molar-refractivity contribution in [2.75, 3.05) is 12.3 Å². The van der Waals surface area contributed by atoms with E-state index in [0.717, 1.165) is 30.8 Å². The number of aliphatic imine (C=N–C) groups is 1. The van der Waals surface area contributed by atoms with Crippen LogP contribution in [-0.2, 0) is 0 Å². The average Bonchev–Trinajstić information content (AvgIpc) is 3.15. The molecule has 0 N–H and O–H groups in total. The molecule has 1 aliphatic rings. The van der Waals surface area contributed by atoms with Crippen LogP contribution in [0.5, 0.6) is 0 Å². The number of thioether (sulfide) groups is 1. The van der Waals surface area contributed by atoms with E-state index >= 15 is 0 Å². The van der Waals surface area contributed by atoms with Gasteiger partial charge < -0.3 is 0 Å². The molecule has 0 atom stereocenters. The maximum absolute atomic E-state index is 13.5. The van der Waals surface area contributed by atoms with Crippen LogP contribution in [0.1, 0.15) is 20.7 Å². The number of halogens is 6. The van der Waals surface area contributed by atoms with E-state index in [2.05, 4.69) is 114 Å². The summed E-state index contributed by atoms with van der Waals surface area (Å²) in [4.78, 5) is 32.6. The Morgan fingerprint density at radius 3 is 1.75 bits per heavy atom. The van der Waals surface area contributed by atoms with Crippen molar-refractivity contribution in [3.63, 3.8) is 0 Å². The number of hydrogen-bond donors (Lipinski definition) is 0. The Hall–Kier alpha value is 0.980. The molecule has 2 aromatic carbocycles. The van der Waals surface area contributed by atoms with Crippen molar-refractivity contribution < 1.29 is 9.59 Å². The summed E-state index contributed by atoms with van der Waals surface area (Å²) < 4.78 is 4.51. The molecule has 0 fully saturated rings. The van der Waals surface area contributed by atoms with Crippen LogP contribution < -0.4 is 0 Å². The van der Waals surface area contributed by atoms with Crippen molar-refractivity contribution in [2.45, 2.75) is 0 Å². The van der Waals surface area contributed by atoms with E-state index in [1.807, 2.05) is 12.1 Å². The Kier molecular flexibility index (Phi) is 8.50. The molecule has 0 saturated heterocycles. The predicted octanol–water partition coefficient (Wildman–Crippen LogP) is 7.33. The molecular weight excluding hydrogens is 870 g/mol. The fourth-order valence-corrected chi connectivity index (χ4v) is 6.77. The van der Waals surface area contributed by atoms with E-state index in [1.165, 1.54) is 16.7 Å². The molecule has 28 heavy (non-hydrogen) atoms. The Balaban J connectivity index is 2.14. The molecule has 146 valence electrons. The van der Waals surface area contributed by atoms with Gasteiger partial charge in [0.1, 0.15) is 0 Å². The molecule has 0 unspecified atom stereocenters. The number of carbonyl (C=O) groups excluding carboxylic acids is 2. The number of rotatable bonds is 2. The zero-order valence-electron chi connectivity index (χ0n) is 13.6. The van der Waals surface area contributed by atoms with Crippen molar-refractivity contribution in [1.29, 1.82) is 0 Å². The van der Waals surface area contributed by atoms with Crippen LogP contribution in [0.4, 0.5) is 0 Å². The fraction of sp³-hybridized carbons (Fsp3) is 0.118.